The number of rotatable bonds is 5. The minimum Gasteiger partial charge on any atom is -0.484 e. The second-order valence-electron chi connectivity index (χ2n) is 6.74. The maximum Gasteiger partial charge on any atom is 0.260 e. The van der Waals surface area contributed by atoms with Gasteiger partial charge in [-0.25, -0.2) is 4.39 Å². The molecule has 2 aromatic carbocycles. The maximum absolute atomic E-state index is 13.0. The van der Waals surface area contributed by atoms with Crippen molar-refractivity contribution in [1.29, 1.82) is 0 Å². The number of ether oxygens (including phenoxy) is 1. The third kappa shape index (κ3) is 4.48. The van der Waals surface area contributed by atoms with Gasteiger partial charge < -0.3 is 9.64 Å². The van der Waals surface area contributed by atoms with Crippen LogP contribution in [0.2, 0.25) is 0 Å². The lowest BCUT2D eigenvalue weighted by atomic mass is 10.0. The van der Waals surface area contributed by atoms with E-state index in [-0.39, 0.29) is 24.1 Å². The van der Waals surface area contributed by atoms with Crippen LogP contribution in [0.15, 0.2) is 48.5 Å². The summed E-state index contributed by atoms with van der Waals surface area (Å²) in [5.74, 6) is 0.500. The van der Waals surface area contributed by atoms with Gasteiger partial charge in [0.25, 0.3) is 5.91 Å². The van der Waals surface area contributed by atoms with E-state index in [1.54, 1.807) is 24.3 Å². The first kappa shape index (κ1) is 18.1. The number of amides is 1. The Morgan fingerprint density at radius 2 is 1.69 bits per heavy atom. The van der Waals surface area contributed by atoms with E-state index in [0.717, 1.165) is 25.9 Å². The molecule has 0 spiro atoms. The fourth-order valence-corrected chi connectivity index (χ4v) is 3.12. The summed E-state index contributed by atoms with van der Waals surface area (Å²) in [5, 5.41) is 0. The Balaban J connectivity index is 1.56. The topological polar surface area (TPSA) is 46.6 Å². The number of likely N-dealkylation sites (tertiary alicyclic amines) is 1. The Morgan fingerprint density at radius 3 is 2.31 bits per heavy atom. The van der Waals surface area contributed by atoms with Crippen molar-refractivity contribution in [3.8, 4) is 5.75 Å². The van der Waals surface area contributed by atoms with Crippen LogP contribution < -0.4 is 4.74 Å². The number of ketones is 1. The molecule has 0 aromatic heterocycles. The summed E-state index contributed by atoms with van der Waals surface area (Å²) >= 11 is 0. The normalized spacial score (nSPS) is 17.0. The molecule has 1 aliphatic heterocycles. The summed E-state index contributed by atoms with van der Waals surface area (Å²) < 4.78 is 18.5. The van der Waals surface area contributed by atoms with Crippen LogP contribution in [0.5, 0.6) is 5.75 Å². The minimum absolute atomic E-state index is 0.00201. The molecule has 1 heterocycles. The van der Waals surface area contributed by atoms with Crippen LogP contribution in [-0.2, 0) is 4.79 Å². The van der Waals surface area contributed by atoms with Crippen molar-refractivity contribution in [3.05, 3.63) is 65.5 Å². The first-order valence-electron chi connectivity index (χ1n) is 8.84. The van der Waals surface area contributed by atoms with Gasteiger partial charge in [-0.2, -0.15) is 0 Å². The van der Waals surface area contributed by atoms with Crippen LogP contribution in [0.25, 0.3) is 0 Å². The number of nitrogens with zero attached hydrogens (tertiary/aromatic N) is 1. The molecule has 1 aliphatic rings. The molecule has 136 valence electrons. The van der Waals surface area contributed by atoms with E-state index >= 15 is 0 Å². The minimum atomic E-state index is -0.377. The fraction of sp³-hybridized carbons (Fsp3) is 0.333. The Labute approximate surface area is 152 Å². The molecule has 1 saturated heterocycles. The summed E-state index contributed by atoms with van der Waals surface area (Å²) in [6.45, 7) is 3.72. The van der Waals surface area contributed by atoms with Crippen molar-refractivity contribution in [3.63, 3.8) is 0 Å². The first-order chi connectivity index (χ1) is 12.5. The summed E-state index contributed by atoms with van der Waals surface area (Å²) in [6.07, 6.45) is 2.20. The Bertz CT molecular complexity index is 771. The number of hydrogen-bond donors (Lipinski definition) is 0. The van der Waals surface area contributed by atoms with Gasteiger partial charge in [-0.05, 0) is 67.3 Å². The van der Waals surface area contributed by atoms with E-state index < -0.39 is 0 Å². The highest BCUT2D eigenvalue weighted by atomic mass is 19.1. The van der Waals surface area contributed by atoms with E-state index in [2.05, 4.69) is 6.92 Å². The zero-order valence-corrected chi connectivity index (χ0v) is 14.8. The maximum atomic E-state index is 13.0. The van der Waals surface area contributed by atoms with Gasteiger partial charge in [0.15, 0.2) is 12.4 Å². The highest BCUT2D eigenvalue weighted by molar-refractivity contribution is 6.09. The molecule has 1 amide bonds. The predicted octanol–water partition coefficient (Wildman–Crippen LogP) is 3.69. The number of piperidine rings is 1. The zero-order chi connectivity index (χ0) is 18.5. The second kappa shape index (κ2) is 8.13. The highest BCUT2D eigenvalue weighted by Gasteiger charge is 2.21. The van der Waals surface area contributed by atoms with Crippen molar-refractivity contribution in [2.24, 2.45) is 5.92 Å². The first-order valence-corrected chi connectivity index (χ1v) is 8.84. The molecule has 0 bridgehead atoms. The number of benzene rings is 2. The lowest BCUT2D eigenvalue weighted by Gasteiger charge is -2.30. The van der Waals surface area contributed by atoms with Crippen molar-refractivity contribution in [2.45, 2.75) is 19.8 Å². The van der Waals surface area contributed by atoms with Gasteiger partial charge in [-0.15, -0.1) is 0 Å². The van der Waals surface area contributed by atoms with Gasteiger partial charge in [-0.3, -0.25) is 9.59 Å². The van der Waals surface area contributed by atoms with Gasteiger partial charge in [0, 0.05) is 24.2 Å². The van der Waals surface area contributed by atoms with Crippen LogP contribution in [0.1, 0.15) is 35.7 Å². The smallest absolute Gasteiger partial charge is 0.260 e. The van der Waals surface area contributed by atoms with E-state index in [1.165, 1.54) is 24.3 Å². The third-order valence-corrected chi connectivity index (χ3v) is 4.59. The number of carbonyl (C=O) groups is 2. The summed E-state index contributed by atoms with van der Waals surface area (Å²) in [5.41, 5.74) is 0.912. The summed E-state index contributed by atoms with van der Waals surface area (Å²) in [4.78, 5) is 26.4. The molecule has 26 heavy (non-hydrogen) atoms. The molecule has 5 heteroatoms. The van der Waals surface area contributed by atoms with Crippen LogP contribution in [0, 0.1) is 11.7 Å². The number of carbonyl (C=O) groups excluding carboxylic acids is 2. The van der Waals surface area contributed by atoms with Crippen LogP contribution in [0.3, 0.4) is 0 Å². The van der Waals surface area contributed by atoms with E-state index in [0.29, 0.717) is 22.8 Å². The zero-order valence-electron chi connectivity index (χ0n) is 14.8. The van der Waals surface area contributed by atoms with Crippen molar-refractivity contribution >= 4 is 11.7 Å². The molecule has 0 radical (unpaired) electrons. The standard InChI is InChI=1S/C21H22FNO3/c1-15-3-2-12-23(13-15)20(24)14-26-19-10-6-17(7-11-19)21(25)16-4-8-18(22)9-5-16/h4-11,15H,2-3,12-14H2,1H3. The van der Waals surface area contributed by atoms with Crippen LogP contribution >= 0.6 is 0 Å². The summed E-state index contributed by atoms with van der Waals surface area (Å²) in [7, 11) is 0. The molecule has 3 rings (SSSR count). The molecule has 0 N–H and O–H groups in total. The molecular formula is C21H22FNO3. The van der Waals surface area contributed by atoms with Gasteiger partial charge in [0.05, 0.1) is 0 Å². The molecule has 1 fully saturated rings. The Morgan fingerprint density at radius 1 is 1.08 bits per heavy atom. The number of halogens is 1. The van der Waals surface area contributed by atoms with Crippen LogP contribution in [0.4, 0.5) is 4.39 Å². The quantitative estimate of drug-likeness (QED) is 0.769. The molecular weight excluding hydrogens is 333 g/mol. The van der Waals surface area contributed by atoms with Gasteiger partial charge in [0.2, 0.25) is 0 Å². The van der Waals surface area contributed by atoms with Crippen molar-refractivity contribution in [1.82, 2.24) is 4.90 Å². The van der Waals surface area contributed by atoms with E-state index in [9.17, 15) is 14.0 Å². The Hall–Kier alpha value is -2.69. The highest BCUT2D eigenvalue weighted by Crippen LogP contribution is 2.18. The molecule has 4 nitrogen and oxygen atoms in total. The third-order valence-electron chi connectivity index (χ3n) is 4.59. The lowest BCUT2D eigenvalue weighted by molar-refractivity contribution is -0.135. The fourth-order valence-electron chi connectivity index (χ4n) is 3.12. The number of hydrogen-bond acceptors (Lipinski definition) is 3. The summed E-state index contributed by atoms with van der Waals surface area (Å²) in [6, 6.07) is 12.1. The second-order valence-corrected chi connectivity index (χ2v) is 6.74. The molecule has 2 aromatic rings. The van der Waals surface area contributed by atoms with Crippen molar-refractivity contribution in [2.75, 3.05) is 19.7 Å². The molecule has 1 unspecified atom stereocenters. The van der Waals surface area contributed by atoms with E-state index in [4.69, 9.17) is 4.74 Å². The Kier molecular flexibility index (Phi) is 5.66. The van der Waals surface area contributed by atoms with Gasteiger partial charge in [0.1, 0.15) is 11.6 Å². The molecule has 1 atom stereocenters. The van der Waals surface area contributed by atoms with Gasteiger partial charge in [-0.1, -0.05) is 6.92 Å². The lowest BCUT2D eigenvalue weighted by Crippen LogP contribution is -2.41. The molecule has 0 aliphatic carbocycles. The average Bonchev–Trinajstić information content (AvgIpc) is 2.66. The largest absolute Gasteiger partial charge is 0.484 e. The predicted molar refractivity (Wildman–Crippen MR) is 96.7 cm³/mol. The van der Waals surface area contributed by atoms with E-state index in [1.807, 2.05) is 4.90 Å². The van der Waals surface area contributed by atoms with Crippen molar-refractivity contribution < 1.29 is 18.7 Å². The SMILES string of the molecule is CC1CCCN(C(=O)COc2ccc(C(=O)c3ccc(F)cc3)cc2)C1. The van der Waals surface area contributed by atoms with Crippen LogP contribution in [-0.4, -0.2) is 36.3 Å². The molecule has 0 saturated carbocycles. The monoisotopic (exact) mass is 355 g/mol. The average molecular weight is 355 g/mol. The van der Waals surface area contributed by atoms with Gasteiger partial charge >= 0.3 is 0 Å².